The predicted molar refractivity (Wildman–Crippen MR) is 99.6 cm³/mol. The number of aromatic nitrogens is 2. The first kappa shape index (κ1) is 15.8. The normalized spacial score (nSPS) is 13.0. The Kier molecular flexibility index (Phi) is 4.82. The van der Waals surface area contributed by atoms with Gasteiger partial charge in [-0.25, -0.2) is 4.98 Å². The van der Waals surface area contributed by atoms with Crippen molar-refractivity contribution in [2.24, 2.45) is 5.92 Å². The molecule has 0 fully saturated rings. The molecular weight excluding hydrogens is 304 g/mol. The van der Waals surface area contributed by atoms with Crippen molar-refractivity contribution in [1.29, 1.82) is 0 Å². The topological polar surface area (TPSA) is 17.8 Å². The highest BCUT2D eigenvalue weighted by molar-refractivity contribution is 6.30. The number of fused-ring (bicyclic) bond motifs is 1. The smallest absolute Gasteiger partial charge is 0.133 e. The highest BCUT2D eigenvalue weighted by atomic mass is 35.5. The van der Waals surface area contributed by atoms with Gasteiger partial charge in [0.05, 0.1) is 11.0 Å². The Bertz CT molecular complexity index is 815. The van der Waals surface area contributed by atoms with Gasteiger partial charge in [-0.15, -0.1) is 0 Å². The molecule has 0 saturated heterocycles. The lowest BCUT2D eigenvalue weighted by atomic mass is 10.1. The van der Waals surface area contributed by atoms with Crippen molar-refractivity contribution in [1.82, 2.24) is 9.55 Å². The van der Waals surface area contributed by atoms with Crippen molar-refractivity contribution in [2.75, 3.05) is 0 Å². The average molecular weight is 325 g/mol. The quantitative estimate of drug-likeness (QED) is 0.570. The first-order valence-corrected chi connectivity index (χ1v) is 8.44. The van der Waals surface area contributed by atoms with Crippen LogP contribution in [0.3, 0.4) is 0 Å². The molecule has 0 aliphatic rings. The van der Waals surface area contributed by atoms with E-state index in [1.807, 2.05) is 30.3 Å². The van der Waals surface area contributed by atoms with Crippen LogP contribution in [-0.4, -0.2) is 9.55 Å². The van der Waals surface area contributed by atoms with Crippen LogP contribution in [0.1, 0.15) is 31.7 Å². The van der Waals surface area contributed by atoms with Gasteiger partial charge >= 0.3 is 0 Å². The highest BCUT2D eigenvalue weighted by Crippen LogP contribution is 2.21. The molecule has 0 aliphatic heterocycles. The standard InChI is InChI=1S/C20H21ClN2/c1-3-15(2)14-23-19-7-5-4-6-18(19)22-20(23)13-10-16-8-11-17(21)12-9-16/h4-13,15H,3,14H2,1-2H3. The lowest BCUT2D eigenvalue weighted by Gasteiger charge is -2.12. The maximum atomic E-state index is 5.94. The van der Waals surface area contributed by atoms with E-state index in [-0.39, 0.29) is 0 Å². The monoisotopic (exact) mass is 324 g/mol. The van der Waals surface area contributed by atoms with Crippen LogP contribution in [0.5, 0.6) is 0 Å². The van der Waals surface area contributed by atoms with E-state index < -0.39 is 0 Å². The number of hydrogen-bond acceptors (Lipinski definition) is 1. The summed E-state index contributed by atoms with van der Waals surface area (Å²) in [5.41, 5.74) is 3.37. The van der Waals surface area contributed by atoms with E-state index in [0.717, 1.165) is 34.9 Å². The lowest BCUT2D eigenvalue weighted by molar-refractivity contribution is 0.474. The van der Waals surface area contributed by atoms with Gasteiger partial charge in [0.15, 0.2) is 0 Å². The molecule has 0 aliphatic carbocycles. The molecule has 1 heterocycles. The fourth-order valence-electron chi connectivity index (χ4n) is 2.60. The minimum Gasteiger partial charge on any atom is -0.324 e. The van der Waals surface area contributed by atoms with E-state index in [4.69, 9.17) is 16.6 Å². The Morgan fingerprint density at radius 3 is 2.57 bits per heavy atom. The van der Waals surface area contributed by atoms with Crippen molar-refractivity contribution in [3.63, 3.8) is 0 Å². The molecular formula is C20H21ClN2. The zero-order valence-corrected chi connectivity index (χ0v) is 14.3. The molecule has 1 unspecified atom stereocenters. The SMILES string of the molecule is CCC(C)Cn1c(C=Cc2ccc(Cl)cc2)nc2ccccc21. The minimum absolute atomic E-state index is 0.621. The molecule has 1 aromatic heterocycles. The average Bonchev–Trinajstić information content (AvgIpc) is 2.92. The Morgan fingerprint density at radius 1 is 1.09 bits per heavy atom. The molecule has 3 heteroatoms. The summed E-state index contributed by atoms with van der Waals surface area (Å²) in [4.78, 5) is 4.78. The molecule has 0 amide bonds. The Labute approximate surface area is 142 Å². The first-order valence-electron chi connectivity index (χ1n) is 8.06. The van der Waals surface area contributed by atoms with Crippen LogP contribution in [-0.2, 0) is 6.54 Å². The van der Waals surface area contributed by atoms with E-state index in [2.05, 4.69) is 48.8 Å². The molecule has 2 nitrogen and oxygen atoms in total. The van der Waals surface area contributed by atoms with Gasteiger partial charge < -0.3 is 4.57 Å². The molecule has 0 spiro atoms. The molecule has 0 bridgehead atoms. The predicted octanol–water partition coefficient (Wildman–Crippen LogP) is 5.91. The summed E-state index contributed by atoms with van der Waals surface area (Å²) in [5.74, 6) is 1.62. The van der Waals surface area contributed by atoms with Crippen LogP contribution in [0.15, 0.2) is 48.5 Å². The summed E-state index contributed by atoms with van der Waals surface area (Å²) in [6.45, 7) is 5.49. The molecule has 1 atom stereocenters. The number of halogens is 1. The molecule has 0 radical (unpaired) electrons. The van der Waals surface area contributed by atoms with Crippen LogP contribution in [0.25, 0.3) is 23.2 Å². The molecule has 118 valence electrons. The maximum Gasteiger partial charge on any atom is 0.133 e. The van der Waals surface area contributed by atoms with Gasteiger partial charge in [-0.3, -0.25) is 0 Å². The third-order valence-corrected chi connectivity index (χ3v) is 4.42. The zero-order chi connectivity index (χ0) is 16.2. The summed E-state index contributed by atoms with van der Waals surface area (Å²) in [6.07, 6.45) is 5.34. The van der Waals surface area contributed by atoms with E-state index >= 15 is 0 Å². The third-order valence-electron chi connectivity index (χ3n) is 4.17. The summed E-state index contributed by atoms with van der Waals surface area (Å²) in [7, 11) is 0. The molecule has 23 heavy (non-hydrogen) atoms. The fraction of sp³-hybridized carbons (Fsp3) is 0.250. The second kappa shape index (κ2) is 7.01. The van der Waals surface area contributed by atoms with Gasteiger partial charge in [0.25, 0.3) is 0 Å². The molecule has 3 aromatic rings. The van der Waals surface area contributed by atoms with E-state index in [1.54, 1.807) is 0 Å². The number of nitrogens with zero attached hydrogens (tertiary/aromatic N) is 2. The Hall–Kier alpha value is -2.06. The molecule has 0 saturated carbocycles. The van der Waals surface area contributed by atoms with Crippen LogP contribution < -0.4 is 0 Å². The molecule has 0 N–H and O–H groups in total. The number of hydrogen-bond donors (Lipinski definition) is 0. The number of para-hydroxylation sites is 2. The van der Waals surface area contributed by atoms with Gasteiger partial charge in [-0.05, 0) is 41.8 Å². The van der Waals surface area contributed by atoms with Crippen LogP contribution in [0.4, 0.5) is 0 Å². The van der Waals surface area contributed by atoms with Crippen molar-refractivity contribution in [3.8, 4) is 0 Å². The third kappa shape index (κ3) is 3.65. The summed E-state index contributed by atoms with van der Waals surface area (Å²) < 4.78 is 2.32. The zero-order valence-electron chi connectivity index (χ0n) is 13.5. The lowest BCUT2D eigenvalue weighted by Crippen LogP contribution is -2.08. The molecule has 2 aromatic carbocycles. The number of rotatable bonds is 5. The van der Waals surface area contributed by atoms with Gasteiger partial charge in [-0.1, -0.05) is 62.2 Å². The number of imidazole rings is 1. The second-order valence-electron chi connectivity index (χ2n) is 5.97. The fourth-order valence-corrected chi connectivity index (χ4v) is 2.72. The van der Waals surface area contributed by atoms with E-state index in [1.165, 1.54) is 5.52 Å². The largest absolute Gasteiger partial charge is 0.324 e. The Balaban J connectivity index is 1.98. The van der Waals surface area contributed by atoms with Crippen LogP contribution in [0.2, 0.25) is 5.02 Å². The van der Waals surface area contributed by atoms with Crippen LogP contribution in [0, 0.1) is 5.92 Å². The van der Waals surface area contributed by atoms with Crippen molar-refractivity contribution < 1.29 is 0 Å². The van der Waals surface area contributed by atoms with Gasteiger partial charge in [0.2, 0.25) is 0 Å². The van der Waals surface area contributed by atoms with Crippen LogP contribution >= 0.6 is 11.6 Å². The van der Waals surface area contributed by atoms with Gasteiger partial charge in [0.1, 0.15) is 5.82 Å². The van der Waals surface area contributed by atoms with Gasteiger partial charge in [0, 0.05) is 11.6 Å². The van der Waals surface area contributed by atoms with Gasteiger partial charge in [-0.2, -0.15) is 0 Å². The molecule has 3 rings (SSSR count). The highest BCUT2D eigenvalue weighted by Gasteiger charge is 2.10. The number of benzene rings is 2. The van der Waals surface area contributed by atoms with Crippen molar-refractivity contribution in [2.45, 2.75) is 26.8 Å². The van der Waals surface area contributed by atoms with E-state index in [9.17, 15) is 0 Å². The van der Waals surface area contributed by atoms with Crippen molar-refractivity contribution >= 4 is 34.8 Å². The van der Waals surface area contributed by atoms with E-state index in [0.29, 0.717) is 5.92 Å². The maximum absolute atomic E-state index is 5.94. The Morgan fingerprint density at radius 2 is 1.83 bits per heavy atom. The van der Waals surface area contributed by atoms with Crippen molar-refractivity contribution in [3.05, 3.63) is 64.9 Å². The second-order valence-corrected chi connectivity index (χ2v) is 6.40. The summed E-state index contributed by atoms with van der Waals surface area (Å²) in [5, 5.41) is 0.756. The first-order chi connectivity index (χ1) is 11.2. The summed E-state index contributed by atoms with van der Waals surface area (Å²) >= 11 is 5.94. The summed E-state index contributed by atoms with van der Waals surface area (Å²) in [6, 6.07) is 16.2. The minimum atomic E-state index is 0.621.